The fraction of sp³-hybridized carbons (Fsp3) is 0.923. The van der Waals surface area contributed by atoms with Gasteiger partial charge in [0, 0.05) is 32.1 Å². The minimum atomic E-state index is -3.50. The van der Waals surface area contributed by atoms with Crippen molar-refractivity contribution in [3.8, 4) is 0 Å². The Bertz CT molecular complexity index is 450. The molecule has 0 saturated carbocycles. The molecule has 8 heteroatoms. The molecule has 1 fully saturated rings. The van der Waals surface area contributed by atoms with Gasteiger partial charge in [-0.1, -0.05) is 25.4 Å². The van der Waals surface area contributed by atoms with Gasteiger partial charge < -0.3 is 10.9 Å². The molecule has 21 heavy (non-hydrogen) atoms. The van der Waals surface area contributed by atoms with Crippen LogP contribution in [0.5, 0.6) is 0 Å². The first-order valence-corrected chi connectivity index (χ1v) is 8.92. The Morgan fingerprint density at radius 3 is 2.67 bits per heavy atom. The van der Waals surface area contributed by atoms with Gasteiger partial charge in [0.05, 0.1) is 0 Å². The number of hydrogen-bond acceptors (Lipinski definition) is 4. The van der Waals surface area contributed by atoms with Crippen LogP contribution in [0.15, 0.2) is 5.16 Å². The largest absolute Gasteiger partial charge is 0.409 e. The molecule has 0 aromatic carbocycles. The molecule has 1 unspecified atom stereocenters. The summed E-state index contributed by atoms with van der Waals surface area (Å²) in [5, 5.41) is 11.5. The molecule has 1 aliphatic rings. The Morgan fingerprint density at radius 1 is 1.48 bits per heavy atom. The van der Waals surface area contributed by atoms with Crippen LogP contribution in [0.2, 0.25) is 0 Å². The Balaban J connectivity index is 2.88. The summed E-state index contributed by atoms with van der Waals surface area (Å²) in [6.45, 7) is 7.15. The first-order chi connectivity index (χ1) is 9.78. The van der Waals surface area contributed by atoms with Crippen LogP contribution in [-0.2, 0) is 10.2 Å². The van der Waals surface area contributed by atoms with E-state index in [4.69, 9.17) is 10.9 Å². The second-order valence-corrected chi connectivity index (χ2v) is 7.94. The lowest BCUT2D eigenvalue weighted by Crippen LogP contribution is -2.51. The van der Waals surface area contributed by atoms with Crippen LogP contribution in [0.25, 0.3) is 0 Å². The molecule has 0 bridgehead atoms. The fourth-order valence-electron chi connectivity index (χ4n) is 2.56. The van der Waals surface area contributed by atoms with Crippen molar-refractivity contribution in [3.05, 3.63) is 0 Å². The van der Waals surface area contributed by atoms with E-state index in [9.17, 15) is 8.42 Å². The monoisotopic (exact) mass is 320 g/mol. The molecule has 1 heterocycles. The lowest BCUT2D eigenvalue weighted by atomic mass is 10.1. The maximum Gasteiger partial charge on any atom is 0.282 e. The maximum atomic E-state index is 12.8. The van der Waals surface area contributed by atoms with Gasteiger partial charge in [-0.05, 0) is 25.7 Å². The van der Waals surface area contributed by atoms with Crippen LogP contribution in [0.3, 0.4) is 0 Å². The molecular formula is C13H28N4O3S. The Labute approximate surface area is 128 Å². The lowest BCUT2D eigenvalue weighted by molar-refractivity contribution is 0.239. The van der Waals surface area contributed by atoms with Crippen molar-refractivity contribution in [2.45, 2.75) is 52.5 Å². The normalized spacial score (nSPS) is 22.1. The zero-order valence-corrected chi connectivity index (χ0v) is 14.0. The molecule has 7 nitrogen and oxygen atoms in total. The minimum Gasteiger partial charge on any atom is -0.409 e. The lowest BCUT2D eigenvalue weighted by Gasteiger charge is -2.37. The number of nitrogens with zero attached hydrogens (tertiary/aromatic N) is 3. The van der Waals surface area contributed by atoms with Gasteiger partial charge in [-0.15, -0.1) is 0 Å². The van der Waals surface area contributed by atoms with E-state index in [1.54, 1.807) is 4.31 Å². The Kier molecular flexibility index (Phi) is 6.89. The summed E-state index contributed by atoms with van der Waals surface area (Å²) in [7, 11) is -3.50. The molecule has 0 aliphatic carbocycles. The minimum absolute atomic E-state index is 0.0299. The predicted octanol–water partition coefficient (Wildman–Crippen LogP) is 1.20. The van der Waals surface area contributed by atoms with Crippen LogP contribution in [0.4, 0.5) is 0 Å². The van der Waals surface area contributed by atoms with Crippen molar-refractivity contribution in [2.24, 2.45) is 16.8 Å². The van der Waals surface area contributed by atoms with E-state index >= 15 is 0 Å². The van der Waals surface area contributed by atoms with E-state index in [1.807, 2.05) is 20.8 Å². The quantitative estimate of drug-likeness (QED) is 0.319. The molecular weight excluding hydrogens is 292 g/mol. The SMILES string of the molecule is CC(C)CN(CCC(N)=NO)S(=O)(=O)N1CCCCC1C. The van der Waals surface area contributed by atoms with Crippen LogP contribution < -0.4 is 5.73 Å². The highest BCUT2D eigenvalue weighted by Crippen LogP contribution is 2.23. The van der Waals surface area contributed by atoms with E-state index in [-0.39, 0.29) is 30.8 Å². The zero-order chi connectivity index (χ0) is 16.0. The number of rotatable bonds is 7. The summed E-state index contributed by atoms with van der Waals surface area (Å²) in [5.41, 5.74) is 5.47. The van der Waals surface area contributed by atoms with Gasteiger partial charge in [-0.3, -0.25) is 0 Å². The first kappa shape index (κ1) is 18.2. The van der Waals surface area contributed by atoms with Crippen molar-refractivity contribution in [1.82, 2.24) is 8.61 Å². The fourth-order valence-corrected chi connectivity index (χ4v) is 4.59. The number of piperidine rings is 1. The summed E-state index contributed by atoms with van der Waals surface area (Å²) in [6.07, 6.45) is 3.10. The summed E-state index contributed by atoms with van der Waals surface area (Å²) in [5.74, 6) is 0.262. The van der Waals surface area contributed by atoms with Crippen LogP contribution >= 0.6 is 0 Å². The summed E-state index contributed by atoms with van der Waals surface area (Å²) in [4.78, 5) is 0. The van der Waals surface area contributed by atoms with Crippen molar-refractivity contribution in [2.75, 3.05) is 19.6 Å². The van der Waals surface area contributed by atoms with Crippen molar-refractivity contribution < 1.29 is 13.6 Å². The van der Waals surface area contributed by atoms with E-state index in [0.29, 0.717) is 13.1 Å². The van der Waals surface area contributed by atoms with E-state index < -0.39 is 10.2 Å². The highest BCUT2D eigenvalue weighted by Gasteiger charge is 2.34. The van der Waals surface area contributed by atoms with Gasteiger partial charge in [-0.25, -0.2) is 0 Å². The third kappa shape index (κ3) is 5.12. The second-order valence-electron chi connectivity index (χ2n) is 6.06. The summed E-state index contributed by atoms with van der Waals surface area (Å²) in [6, 6.07) is 0.0299. The summed E-state index contributed by atoms with van der Waals surface area (Å²) < 4.78 is 28.7. The smallest absolute Gasteiger partial charge is 0.282 e. The van der Waals surface area contributed by atoms with Crippen LogP contribution in [-0.4, -0.2) is 53.7 Å². The second kappa shape index (κ2) is 7.95. The number of nitrogens with two attached hydrogens (primary N) is 1. The van der Waals surface area contributed by atoms with Gasteiger partial charge in [0.1, 0.15) is 5.84 Å². The van der Waals surface area contributed by atoms with Crippen LogP contribution in [0.1, 0.15) is 46.5 Å². The standard InChI is InChI=1S/C13H28N4O3S/c1-11(2)10-16(9-7-13(14)15-18)21(19,20)17-8-5-4-6-12(17)3/h11-12,18H,4-10H2,1-3H3,(H2,14,15). The first-order valence-electron chi connectivity index (χ1n) is 7.52. The third-order valence-electron chi connectivity index (χ3n) is 3.68. The predicted molar refractivity (Wildman–Crippen MR) is 83.4 cm³/mol. The van der Waals surface area contributed by atoms with Crippen LogP contribution in [0, 0.1) is 5.92 Å². The van der Waals surface area contributed by atoms with Crippen molar-refractivity contribution in [1.29, 1.82) is 0 Å². The van der Waals surface area contributed by atoms with Gasteiger partial charge in [0.15, 0.2) is 0 Å². The van der Waals surface area contributed by atoms with Gasteiger partial charge >= 0.3 is 0 Å². The highest BCUT2D eigenvalue weighted by atomic mass is 32.2. The molecule has 1 atom stereocenters. The van der Waals surface area contributed by atoms with E-state index in [2.05, 4.69) is 5.16 Å². The average Bonchev–Trinajstić information content (AvgIpc) is 2.42. The van der Waals surface area contributed by atoms with E-state index in [1.165, 1.54) is 4.31 Å². The maximum absolute atomic E-state index is 12.8. The van der Waals surface area contributed by atoms with Gasteiger partial charge in [0.25, 0.3) is 10.2 Å². The van der Waals surface area contributed by atoms with Crippen molar-refractivity contribution >= 4 is 16.0 Å². The molecule has 3 N–H and O–H groups in total. The third-order valence-corrected chi connectivity index (χ3v) is 5.80. The molecule has 0 radical (unpaired) electrons. The molecule has 1 saturated heterocycles. The highest BCUT2D eigenvalue weighted by molar-refractivity contribution is 7.86. The Hall–Kier alpha value is -0.860. The molecule has 0 amide bonds. The van der Waals surface area contributed by atoms with E-state index in [0.717, 1.165) is 19.3 Å². The average molecular weight is 320 g/mol. The summed E-state index contributed by atoms with van der Waals surface area (Å²) >= 11 is 0. The number of oxime groups is 1. The molecule has 0 aromatic rings. The Morgan fingerprint density at radius 2 is 2.14 bits per heavy atom. The van der Waals surface area contributed by atoms with Gasteiger partial charge in [0.2, 0.25) is 0 Å². The molecule has 0 aromatic heterocycles. The molecule has 124 valence electrons. The molecule has 0 spiro atoms. The van der Waals surface area contributed by atoms with Gasteiger partial charge in [-0.2, -0.15) is 17.0 Å². The van der Waals surface area contributed by atoms with Crippen molar-refractivity contribution in [3.63, 3.8) is 0 Å². The zero-order valence-electron chi connectivity index (χ0n) is 13.2. The molecule has 1 rings (SSSR count). The molecule has 1 aliphatic heterocycles. The topological polar surface area (TPSA) is 99.2 Å². The number of amidine groups is 1. The number of hydrogen-bond donors (Lipinski definition) is 2.